The first-order valence-corrected chi connectivity index (χ1v) is 12.6. The molecule has 5 nitrogen and oxygen atoms in total. The summed E-state index contributed by atoms with van der Waals surface area (Å²) < 4.78 is 13.3. The van der Waals surface area contributed by atoms with Crippen LogP contribution in [0.15, 0.2) is 12.1 Å². The zero-order valence-electron chi connectivity index (χ0n) is 19.8. The van der Waals surface area contributed by atoms with E-state index in [1.165, 1.54) is 24.0 Å². The summed E-state index contributed by atoms with van der Waals surface area (Å²) in [4.78, 5) is 0. The van der Waals surface area contributed by atoms with Crippen molar-refractivity contribution in [1.29, 1.82) is 0 Å². The average molecular weight is 440 g/mol. The highest BCUT2D eigenvalue weighted by atomic mass is 16.6. The highest BCUT2D eigenvalue weighted by molar-refractivity contribution is 5.64. The third-order valence-electron chi connectivity index (χ3n) is 10.9. The number of aliphatic hydroxyl groups is 1. The summed E-state index contributed by atoms with van der Waals surface area (Å²) in [6.07, 6.45) is 7.52. The predicted molar refractivity (Wildman–Crippen MR) is 121 cm³/mol. The van der Waals surface area contributed by atoms with Gasteiger partial charge >= 0.3 is 0 Å². The second kappa shape index (κ2) is 5.67. The Labute approximate surface area is 190 Å². The molecule has 4 bridgehead atoms. The lowest BCUT2D eigenvalue weighted by Crippen LogP contribution is -2.77. The number of phenolic OH excluding ortho intramolecular Hbond substituents is 1. The molecule has 1 aromatic rings. The Morgan fingerprint density at radius 3 is 2.72 bits per heavy atom. The van der Waals surface area contributed by atoms with Crippen LogP contribution in [0.2, 0.25) is 0 Å². The Hall–Kier alpha value is -1.30. The zero-order valence-corrected chi connectivity index (χ0v) is 19.8. The van der Waals surface area contributed by atoms with E-state index < -0.39 is 11.2 Å². The third-order valence-corrected chi connectivity index (χ3v) is 10.9. The quantitative estimate of drug-likeness (QED) is 0.653. The van der Waals surface area contributed by atoms with E-state index in [0.29, 0.717) is 11.8 Å². The van der Waals surface area contributed by atoms with Crippen molar-refractivity contribution in [3.63, 3.8) is 0 Å². The Kier molecular flexibility index (Phi) is 3.56. The Morgan fingerprint density at radius 1 is 1.25 bits per heavy atom. The number of methoxy groups -OCH3 is 1. The van der Waals surface area contributed by atoms with Gasteiger partial charge in [0.05, 0.1) is 5.60 Å². The Bertz CT molecular complexity index is 1010. The fourth-order valence-corrected chi connectivity index (χ4v) is 9.83. The number of benzene rings is 1. The van der Waals surface area contributed by atoms with Gasteiger partial charge in [-0.2, -0.15) is 0 Å². The van der Waals surface area contributed by atoms with E-state index in [0.717, 1.165) is 44.6 Å². The van der Waals surface area contributed by atoms with Crippen LogP contribution in [-0.4, -0.2) is 47.2 Å². The molecule has 5 heteroatoms. The van der Waals surface area contributed by atoms with Crippen LogP contribution in [-0.2, 0) is 16.6 Å². The number of aromatic hydroxyl groups is 1. The highest BCUT2D eigenvalue weighted by Gasteiger charge is 2.85. The van der Waals surface area contributed by atoms with Crippen LogP contribution in [0.1, 0.15) is 70.4 Å². The molecule has 7 atom stereocenters. The van der Waals surface area contributed by atoms with Crippen LogP contribution in [0.5, 0.6) is 11.5 Å². The van der Waals surface area contributed by atoms with Crippen LogP contribution in [0, 0.1) is 22.7 Å². The van der Waals surface area contributed by atoms with Crippen molar-refractivity contribution in [2.24, 2.45) is 22.7 Å². The Balaban J connectivity index is 1.50. The normalized spacial score (nSPS) is 47.5. The smallest absolute Gasteiger partial charge is 0.165 e. The van der Waals surface area contributed by atoms with E-state index in [2.05, 4.69) is 18.3 Å². The minimum Gasteiger partial charge on any atom is -0.504 e. The van der Waals surface area contributed by atoms with Gasteiger partial charge in [-0.05, 0) is 88.3 Å². The summed E-state index contributed by atoms with van der Waals surface area (Å²) in [5.74, 6) is 1.76. The van der Waals surface area contributed by atoms with Crippen LogP contribution >= 0.6 is 0 Å². The molecule has 6 aliphatic carbocycles. The van der Waals surface area contributed by atoms with Gasteiger partial charge in [-0.3, -0.25) is 0 Å². The molecule has 7 aliphatic rings. The van der Waals surface area contributed by atoms with Crippen LogP contribution in [0.25, 0.3) is 0 Å². The summed E-state index contributed by atoms with van der Waals surface area (Å²) in [5.41, 5.74) is 1.16. The first kappa shape index (κ1) is 20.1. The molecule has 8 rings (SSSR count). The van der Waals surface area contributed by atoms with Gasteiger partial charge in [-0.15, -0.1) is 0 Å². The van der Waals surface area contributed by atoms with Crippen molar-refractivity contribution in [2.45, 2.75) is 94.5 Å². The lowest BCUT2D eigenvalue weighted by atomic mass is 9.39. The van der Waals surface area contributed by atoms with E-state index in [-0.39, 0.29) is 34.0 Å². The maximum absolute atomic E-state index is 11.4. The fourth-order valence-electron chi connectivity index (χ4n) is 9.83. The van der Waals surface area contributed by atoms with Crippen LogP contribution in [0.4, 0.5) is 0 Å². The van der Waals surface area contributed by atoms with Gasteiger partial charge in [0.25, 0.3) is 0 Å². The zero-order chi connectivity index (χ0) is 22.3. The molecule has 5 saturated carbocycles. The summed E-state index contributed by atoms with van der Waals surface area (Å²) in [5, 5.41) is 26.4. The number of fused-ring (bicyclic) bond motifs is 3. The van der Waals surface area contributed by atoms with Gasteiger partial charge in [-0.25, -0.2) is 0 Å². The number of hydrogen-bond acceptors (Lipinski definition) is 5. The molecule has 0 aromatic heterocycles. The van der Waals surface area contributed by atoms with Crippen molar-refractivity contribution in [3.05, 3.63) is 23.3 Å². The van der Waals surface area contributed by atoms with Gasteiger partial charge < -0.3 is 25.0 Å². The molecule has 1 heterocycles. The van der Waals surface area contributed by atoms with E-state index in [9.17, 15) is 10.2 Å². The second-order valence-electron chi connectivity index (χ2n) is 12.9. The van der Waals surface area contributed by atoms with Crippen LogP contribution < -0.4 is 10.1 Å². The summed E-state index contributed by atoms with van der Waals surface area (Å²) in [7, 11) is 1.81. The summed E-state index contributed by atoms with van der Waals surface area (Å²) in [6.45, 7) is 7.47. The highest BCUT2D eigenvalue weighted by Crippen LogP contribution is 2.81. The van der Waals surface area contributed by atoms with Crippen molar-refractivity contribution < 1.29 is 19.7 Å². The van der Waals surface area contributed by atoms with Crippen molar-refractivity contribution >= 4 is 0 Å². The molecular formula is C27H37NO4. The Morgan fingerprint density at radius 2 is 2.03 bits per heavy atom. The number of hydrogen-bond donors (Lipinski definition) is 3. The van der Waals surface area contributed by atoms with Gasteiger partial charge in [0.1, 0.15) is 11.7 Å². The molecule has 32 heavy (non-hydrogen) atoms. The molecular weight excluding hydrogens is 402 g/mol. The first-order chi connectivity index (χ1) is 15.1. The maximum Gasteiger partial charge on any atom is 0.165 e. The standard InChI is InChI=1S/C27H37NO4/c1-23(2,30)18-12-25-9-10-27(18,31-4)22-26(25)14-24(3,21(25)28-13-15-5-6-15)11-16-7-8-17(29)20(32-22)19(16)26/h7-8,15,18,21-22,28-30H,5-6,9-14H2,1-4H3/t18-,21?,22-,24+,25?,26+,27?/m1/s1. The van der Waals surface area contributed by atoms with Gasteiger partial charge in [0.2, 0.25) is 0 Å². The average Bonchev–Trinajstić information content (AvgIpc) is 3.45. The molecule has 0 saturated heterocycles. The molecule has 2 spiro atoms. The van der Waals surface area contributed by atoms with Gasteiger partial charge in [0, 0.05) is 35.5 Å². The van der Waals surface area contributed by atoms with Gasteiger partial charge in [-0.1, -0.05) is 13.0 Å². The van der Waals surface area contributed by atoms with Gasteiger partial charge in [0.15, 0.2) is 11.5 Å². The van der Waals surface area contributed by atoms with E-state index >= 15 is 0 Å². The lowest BCUT2D eigenvalue weighted by Gasteiger charge is -2.68. The third kappa shape index (κ3) is 2.01. The fraction of sp³-hybridized carbons (Fsp3) is 0.778. The number of phenols is 1. The predicted octanol–water partition coefficient (Wildman–Crippen LogP) is 3.68. The SMILES string of the molecule is COC12CCC3(C[C@@H]1C(C)(C)O)C(NCC1CC1)[C@@]1(C)Cc4ccc(O)c5c4[C@@]3(C1)[C@H]2O5. The molecule has 174 valence electrons. The largest absolute Gasteiger partial charge is 0.504 e. The van der Waals surface area contributed by atoms with Crippen LogP contribution in [0.3, 0.4) is 0 Å². The molecule has 3 unspecified atom stereocenters. The molecule has 1 aliphatic heterocycles. The van der Waals surface area contributed by atoms with Crippen molar-refractivity contribution in [2.75, 3.05) is 13.7 Å². The minimum atomic E-state index is -0.868. The number of ether oxygens (including phenoxy) is 2. The van der Waals surface area contributed by atoms with Crippen molar-refractivity contribution in [1.82, 2.24) is 5.32 Å². The molecule has 0 amide bonds. The molecule has 3 N–H and O–H groups in total. The summed E-state index contributed by atoms with van der Waals surface area (Å²) in [6, 6.07) is 4.34. The van der Waals surface area contributed by atoms with E-state index in [4.69, 9.17) is 9.47 Å². The van der Waals surface area contributed by atoms with Crippen molar-refractivity contribution in [3.8, 4) is 11.5 Å². The topological polar surface area (TPSA) is 71.0 Å². The first-order valence-electron chi connectivity index (χ1n) is 12.6. The number of rotatable bonds is 5. The monoisotopic (exact) mass is 439 g/mol. The molecule has 1 aromatic carbocycles. The lowest BCUT2D eigenvalue weighted by molar-refractivity contribution is -0.272. The minimum absolute atomic E-state index is 0.00343. The van der Waals surface area contributed by atoms with E-state index in [1.54, 1.807) is 7.11 Å². The maximum atomic E-state index is 11.4. The van der Waals surface area contributed by atoms with E-state index in [1.807, 2.05) is 19.9 Å². The molecule has 0 radical (unpaired) electrons. The summed E-state index contributed by atoms with van der Waals surface area (Å²) >= 11 is 0. The second-order valence-corrected chi connectivity index (χ2v) is 12.9. The molecule has 5 fully saturated rings. The number of nitrogens with one attached hydrogen (secondary N) is 1.